The van der Waals surface area contributed by atoms with Crippen LogP contribution < -0.4 is 5.73 Å². The van der Waals surface area contributed by atoms with Crippen molar-refractivity contribution in [3.05, 3.63) is 34.1 Å². The Balaban J connectivity index is 2.09. The average molecular weight is 316 g/mol. The summed E-state index contributed by atoms with van der Waals surface area (Å²) in [7, 11) is 0. The fourth-order valence-corrected chi connectivity index (χ4v) is 2.93. The molecule has 1 aliphatic carbocycles. The van der Waals surface area contributed by atoms with Crippen LogP contribution in [0.25, 0.3) is 0 Å². The molecule has 4 heteroatoms. The number of nitrogens with two attached hydrogens (primary N) is 1. The van der Waals surface area contributed by atoms with Crippen LogP contribution in [0.2, 0.25) is 0 Å². The largest absolute Gasteiger partial charge is 0.391 e. The van der Waals surface area contributed by atoms with Crippen LogP contribution in [0.5, 0.6) is 0 Å². The zero-order valence-electron chi connectivity index (χ0n) is 10.3. The molecule has 100 valence electrons. The number of aliphatic hydroxyl groups is 1. The number of benzene rings is 1. The zero-order valence-corrected chi connectivity index (χ0v) is 11.9. The van der Waals surface area contributed by atoms with Crippen LogP contribution in [0, 0.1) is 11.7 Å². The van der Waals surface area contributed by atoms with E-state index in [0.29, 0.717) is 10.0 Å². The molecule has 3 N–H and O–H groups in total. The molecule has 0 bridgehead atoms. The Morgan fingerprint density at radius 2 is 1.94 bits per heavy atom. The molecule has 0 heterocycles. The Bertz CT molecular complexity index is 407. The first-order valence-electron chi connectivity index (χ1n) is 6.48. The van der Waals surface area contributed by atoms with Gasteiger partial charge in [-0.05, 0) is 52.4 Å². The lowest BCUT2D eigenvalue weighted by Gasteiger charge is -2.30. The second kappa shape index (κ2) is 6.13. The van der Waals surface area contributed by atoms with Crippen LogP contribution in [-0.2, 0) is 0 Å². The third-order valence-electron chi connectivity index (χ3n) is 3.83. The second-order valence-electron chi connectivity index (χ2n) is 5.09. The first-order chi connectivity index (χ1) is 8.59. The van der Waals surface area contributed by atoms with Crippen LogP contribution in [0.3, 0.4) is 0 Å². The summed E-state index contributed by atoms with van der Waals surface area (Å²) in [5.74, 6) is -0.0840. The summed E-state index contributed by atoms with van der Waals surface area (Å²) < 4.78 is 13.9. The van der Waals surface area contributed by atoms with Crippen molar-refractivity contribution in [2.24, 2.45) is 11.7 Å². The molecule has 0 saturated heterocycles. The quantitative estimate of drug-likeness (QED) is 0.896. The smallest absolute Gasteiger partial charge is 0.137 e. The maximum absolute atomic E-state index is 13.5. The van der Waals surface area contributed by atoms with Crippen LogP contribution >= 0.6 is 15.9 Å². The minimum absolute atomic E-state index is 0.250. The zero-order chi connectivity index (χ0) is 13.1. The molecular formula is C14H19BrFNO. The molecule has 18 heavy (non-hydrogen) atoms. The molecule has 1 aromatic carbocycles. The van der Waals surface area contributed by atoms with Crippen LogP contribution in [0.4, 0.5) is 4.39 Å². The van der Waals surface area contributed by atoms with Gasteiger partial charge in [0, 0.05) is 0 Å². The minimum atomic E-state index is -0.578. The highest BCUT2D eigenvalue weighted by atomic mass is 79.9. The molecule has 0 radical (unpaired) electrons. The Hall–Kier alpha value is -0.450. The van der Waals surface area contributed by atoms with E-state index in [-0.39, 0.29) is 11.7 Å². The van der Waals surface area contributed by atoms with Crippen molar-refractivity contribution in [1.82, 2.24) is 0 Å². The molecule has 1 aromatic rings. The minimum Gasteiger partial charge on any atom is -0.391 e. The van der Waals surface area contributed by atoms with Gasteiger partial charge in [0.15, 0.2) is 0 Å². The number of aliphatic hydroxyl groups excluding tert-OH is 1. The maximum atomic E-state index is 13.5. The van der Waals surface area contributed by atoms with E-state index in [4.69, 9.17) is 5.73 Å². The Labute approximate surface area is 116 Å². The van der Waals surface area contributed by atoms with E-state index < -0.39 is 12.1 Å². The predicted octanol–water partition coefficient (Wildman–Crippen LogP) is 3.53. The summed E-state index contributed by atoms with van der Waals surface area (Å²) in [5, 5.41) is 10.3. The van der Waals surface area contributed by atoms with Crippen molar-refractivity contribution in [3.63, 3.8) is 0 Å². The molecule has 1 saturated carbocycles. The second-order valence-corrected chi connectivity index (χ2v) is 5.94. The van der Waals surface area contributed by atoms with Crippen molar-refractivity contribution < 1.29 is 9.50 Å². The first kappa shape index (κ1) is 14.0. The summed E-state index contributed by atoms with van der Waals surface area (Å²) in [4.78, 5) is 0. The van der Waals surface area contributed by atoms with Gasteiger partial charge in [0.1, 0.15) is 5.82 Å². The number of hydrogen-bond acceptors (Lipinski definition) is 2. The van der Waals surface area contributed by atoms with Gasteiger partial charge in [-0.1, -0.05) is 25.3 Å². The van der Waals surface area contributed by atoms with Crippen molar-refractivity contribution in [1.29, 1.82) is 0 Å². The monoisotopic (exact) mass is 315 g/mol. The van der Waals surface area contributed by atoms with Gasteiger partial charge >= 0.3 is 0 Å². The van der Waals surface area contributed by atoms with E-state index in [0.717, 1.165) is 25.7 Å². The number of hydrogen-bond donors (Lipinski definition) is 2. The van der Waals surface area contributed by atoms with Crippen molar-refractivity contribution in [2.75, 3.05) is 0 Å². The maximum Gasteiger partial charge on any atom is 0.137 e. The van der Waals surface area contributed by atoms with Gasteiger partial charge in [0.25, 0.3) is 0 Å². The first-order valence-corrected chi connectivity index (χ1v) is 7.27. The Morgan fingerprint density at radius 3 is 2.56 bits per heavy atom. The van der Waals surface area contributed by atoms with Gasteiger partial charge in [0.2, 0.25) is 0 Å². The summed E-state index contributed by atoms with van der Waals surface area (Å²) >= 11 is 3.11. The van der Waals surface area contributed by atoms with Crippen LogP contribution in [0.15, 0.2) is 22.7 Å². The van der Waals surface area contributed by atoms with E-state index in [2.05, 4.69) is 15.9 Å². The van der Waals surface area contributed by atoms with Gasteiger partial charge in [0.05, 0.1) is 16.6 Å². The standard InChI is InChI=1S/C14H19BrFNO/c15-11-7-6-10(8-12(11)16)13(17)14(18)9-4-2-1-3-5-9/h6-9,13-14,18H,1-5,17H2/t13-,14+/m1/s1. The lowest BCUT2D eigenvalue weighted by atomic mass is 9.81. The number of rotatable bonds is 3. The van der Waals surface area contributed by atoms with E-state index in [1.165, 1.54) is 12.5 Å². The highest BCUT2D eigenvalue weighted by Gasteiger charge is 2.27. The fourth-order valence-electron chi connectivity index (χ4n) is 2.69. The van der Waals surface area contributed by atoms with Gasteiger partial charge in [-0.2, -0.15) is 0 Å². The third-order valence-corrected chi connectivity index (χ3v) is 4.47. The van der Waals surface area contributed by atoms with Gasteiger partial charge in [-0.25, -0.2) is 4.39 Å². The average Bonchev–Trinajstić information content (AvgIpc) is 2.41. The molecule has 2 rings (SSSR count). The van der Waals surface area contributed by atoms with Gasteiger partial charge in [-0.3, -0.25) is 0 Å². The molecule has 2 nitrogen and oxygen atoms in total. The normalized spacial score (nSPS) is 20.7. The summed E-state index contributed by atoms with van der Waals surface area (Å²) in [5.41, 5.74) is 6.72. The SMILES string of the molecule is N[C@H](c1ccc(Br)c(F)c1)[C@@H](O)C1CCCCC1. The lowest BCUT2D eigenvalue weighted by Crippen LogP contribution is -2.34. The Kier molecular flexibility index (Phi) is 4.76. The molecule has 1 aliphatic rings. The van der Waals surface area contributed by atoms with E-state index >= 15 is 0 Å². The molecule has 2 atom stereocenters. The number of halogens is 2. The fraction of sp³-hybridized carbons (Fsp3) is 0.571. The van der Waals surface area contributed by atoms with Crippen LogP contribution in [0.1, 0.15) is 43.7 Å². The molecule has 0 unspecified atom stereocenters. The molecule has 1 fully saturated rings. The van der Waals surface area contributed by atoms with Crippen LogP contribution in [-0.4, -0.2) is 11.2 Å². The van der Waals surface area contributed by atoms with Gasteiger partial charge < -0.3 is 10.8 Å². The van der Waals surface area contributed by atoms with E-state index in [9.17, 15) is 9.50 Å². The van der Waals surface area contributed by atoms with Crippen molar-refractivity contribution >= 4 is 15.9 Å². The van der Waals surface area contributed by atoms with E-state index in [1.54, 1.807) is 12.1 Å². The molecule has 0 spiro atoms. The lowest BCUT2D eigenvalue weighted by molar-refractivity contribution is 0.0617. The highest BCUT2D eigenvalue weighted by molar-refractivity contribution is 9.10. The molecule has 0 aliphatic heterocycles. The predicted molar refractivity (Wildman–Crippen MR) is 73.6 cm³/mol. The summed E-state index contributed by atoms with van der Waals surface area (Å²) in [6.07, 6.45) is 5.02. The molecule has 0 amide bonds. The summed E-state index contributed by atoms with van der Waals surface area (Å²) in [6.45, 7) is 0. The third kappa shape index (κ3) is 3.11. The topological polar surface area (TPSA) is 46.2 Å². The molecular weight excluding hydrogens is 297 g/mol. The van der Waals surface area contributed by atoms with Crippen molar-refractivity contribution in [2.45, 2.75) is 44.2 Å². The summed E-state index contributed by atoms with van der Waals surface area (Å²) in [6, 6.07) is 4.30. The van der Waals surface area contributed by atoms with E-state index in [1.807, 2.05) is 0 Å². The Morgan fingerprint density at radius 1 is 1.28 bits per heavy atom. The van der Waals surface area contributed by atoms with Crippen molar-refractivity contribution in [3.8, 4) is 0 Å². The highest BCUT2D eigenvalue weighted by Crippen LogP contribution is 2.32. The van der Waals surface area contributed by atoms with Gasteiger partial charge in [-0.15, -0.1) is 0 Å². The molecule has 0 aromatic heterocycles.